The van der Waals surface area contributed by atoms with Gasteiger partial charge in [0.1, 0.15) is 12.6 Å². The zero-order valence-electron chi connectivity index (χ0n) is 27.1. The quantitative estimate of drug-likeness (QED) is 0.0798. The topological polar surface area (TPSA) is 97.4 Å². The van der Waals surface area contributed by atoms with Crippen LogP contribution in [0.4, 0.5) is 0 Å². The lowest BCUT2D eigenvalue weighted by Crippen LogP contribution is -2.47. The van der Waals surface area contributed by atoms with Gasteiger partial charge in [0.05, 0.1) is 0 Å². The summed E-state index contributed by atoms with van der Waals surface area (Å²) in [6.45, 7) is 7.38. The van der Waals surface area contributed by atoms with E-state index in [1.165, 1.54) is 57.8 Å². The van der Waals surface area contributed by atoms with E-state index in [9.17, 15) is 14.4 Å². The Bertz CT molecular complexity index is 816. The van der Waals surface area contributed by atoms with Crippen LogP contribution in [0.5, 0.6) is 0 Å². The van der Waals surface area contributed by atoms with E-state index >= 15 is 0 Å². The van der Waals surface area contributed by atoms with Crippen LogP contribution in [0.2, 0.25) is 0 Å². The Morgan fingerprint density at radius 1 is 0.738 bits per heavy atom. The van der Waals surface area contributed by atoms with Crippen molar-refractivity contribution >= 4 is 17.8 Å². The van der Waals surface area contributed by atoms with Crippen molar-refractivity contribution in [2.45, 2.75) is 162 Å². The summed E-state index contributed by atoms with van der Waals surface area (Å²) in [5.74, 6) is 0.151. The summed E-state index contributed by atoms with van der Waals surface area (Å²) in [5.41, 5.74) is 0.958. The van der Waals surface area contributed by atoms with Crippen molar-refractivity contribution in [3.8, 4) is 0 Å². The lowest BCUT2D eigenvalue weighted by atomic mass is 10.0. The Hall–Kier alpha value is -2.44. The molecule has 1 aromatic heterocycles. The number of esters is 1. The summed E-state index contributed by atoms with van der Waals surface area (Å²) in [5, 5.41) is 6.05. The number of hydrogen-bond donors (Lipinski definition) is 2. The molecule has 0 saturated heterocycles. The maximum Gasteiger partial charge on any atom is 0.306 e. The Morgan fingerprint density at radius 3 is 1.83 bits per heavy atom. The highest BCUT2D eigenvalue weighted by atomic mass is 16.5. The molecule has 42 heavy (non-hydrogen) atoms. The largest absolute Gasteiger partial charge is 0.461 e. The van der Waals surface area contributed by atoms with Gasteiger partial charge in [0.15, 0.2) is 0 Å². The molecule has 7 heteroatoms. The molecule has 1 atom stereocenters. The minimum Gasteiger partial charge on any atom is -0.461 e. The smallest absolute Gasteiger partial charge is 0.306 e. The van der Waals surface area contributed by atoms with Crippen LogP contribution in [0.1, 0.15) is 155 Å². The molecule has 0 unspecified atom stereocenters. The van der Waals surface area contributed by atoms with Crippen molar-refractivity contribution in [2.75, 3.05) is 6.54 Å². The van der Waals surface area contributed by atoms with Crippen LogP contribution in [0.15, 0.2) is 24.5 Å². The zero-order valence-corrected chi connectivity index (χ0v) is 27.1. The Morgan fingerprint density at radius 2 is 1.26 bits per heavy atom. The van der Waals surface area contributed by atoms with Crippen LogP contribution in [-0.2, 0) is 25.7 Å². The van der Waals surface area contributed by atoms with E-state index in [0.717, 1.165) is 56.9 Å². The second kappa shape index (κ2) is 26.2. The predicted molar refractivity (Wildman–Crippen MR) is 172 cm³/mol. The zero-order chi connectivity index (χ0) is 30.7. The third-order valence-corrected chi connectivity index (χ3v) is 7.62. The number of carbonyl (C=O) groups excluding carboxylic acids is 3. The molecule has 0 fully saturated rings. The van der Waals surface area contributed by atoms with Gasteiger partial charge in [-0.3, -0.25) is 19.4 Å². The molecule has 0 aliphatic heterocycles. The van der Waals surface area contributed by atoms with Crippen LogP contribution in [0, 0.1) is 5.92 Å². The fourth-order valence-corrected chi connectivity index (χ4v) is 5.07. The van der Waals surface area contributed by atoms with Gasteiger partial charge < -0.3 is 15.4 Å². The summed E-state index contributed by atoms with van der Waals surface area (Å²) in [4.78, 5) is 41.1. The average molecular weight is 588 g/mol. The fourth-order valence-electron chi connectivity index (χ4n) is 5.07. The summed E-state index contributed by atoms with van der Waals surface area (Å²) >= 11 is 0. The SMILES string of the molecule is CCCCCCCCCCCC(=O)N[C@@H](CC(C)C)C(=O)NCCCCCCCCCCC(=O)OCc1ccncc1. The Kier molecular flexibility index (Phi) is 23.5. The fraction of sp³-hybridized carbons (Fsp3) is 0.771. The highest BCUT2D eigenvalue weighted by Gasteiger charge is 2.21. The molecule has 0 saturated carbocycles. The standard InChI is InChI=1S/C35H61N3O4/c1-4-5-6-7-8-9-12-15-18-21-33(39)38-32(28-30(2)3)35(41)37-25-20-17-14-11-10-13-16-19-22-34(40)42-29-31-23-26-36-27-24-31/h23-24,26-27,30,32H,4-22,25,28-29H2,1-3H3,(H,37,41)(H,38,39)/t32-/m0/s1. The number of carbonyl (C=O) groups is 3. The van der Waals surface area contributed by atoms with Gasteiger partial charge >= 0.3 is 5.97 Å². The maximum absolute atomic E-state index is 12.8. The van der Waals surface area contributed by atoms with E-state index in [0.29, 0.717) is 38.3 Å². The van der Waals surface area contributed by atoms with Crippen LogP contribution in [-0.4, -0.2) is 35.4 Å². The highest BCUT2D eigenvalue weighted by Crippen LogP contribution is 2.13. The third-order valence-electron chi connectivity index (χ3n) is 7.62. The first-order valence-electron chi connectivity index (χ1n) is 17.0. The molecule has 0 radical (unpaired) electrons. The number of unbranched alkanes of at least 4 members (excludes halogenated alkanes) is 15. The van der Waals surface area contributed by atoms with E-state index in [1.807, 2.05) is 12.1 Å². The Balaban J connectivity index is 2.03. The molecule has 2 N–H and O–H groups in total. The van der Waals surface area contributed by atoms with E-state index in [-0.39, 0.29) is 17.8 Å². The van der Waals surface area contributed by atoms with Crippen molar-refractivity contribution in [2.24, 2.45) is 5.92 Å². The molecule has 0 bridgehead atoms. The molecular formula is C35H61N3O4. The number of rotatable bonds is 27. The maximum atomic E-state index is 12.8. The number of aromatic nitrogens is 1. The van der Waals surface area contributed by atoms with Crippen molar-refractivity contribution in [3.05, 3.63) is 30.1 Å². The molecule has 7 nitrogen and oxygen atoms in total. The molecule has 0 spiro atoms. The molecule has 240 valence electrons. The van der Waals surface area contributed by atoms with Gasteiger partial charge in [0.2, 0.25) is 11.8 Å². The van der Waals surface area contributed by atoms with Gasteiger partial charge in [-0.1, -0.05) is 111 Å². The van der Waals surface area contributed by atoms with Crippen LogP contribution in [0.3, 0.4) is 0 Å². The molecule has 0 aromatic carbocycles. The number of hydrogen-bond acceptors (Lipinski definition) is 5. The lowest BCUT2D eigenvalue weighted by Gasteiger charge is -2.20. The van der Waals surface area contributed by atoms with E-state index in [2.05, 4.69) is 36.4 Å². The molecule has 2 amide bonds. The second-order valence-electron chi connectivity index (χ2n) is 12.2. The van der Waals surface area contributed by atoms with Crippen molar-refractivity contribution in [1.82, 2.24) is 15.6 Å². The number of nitrogens with zero attached hydrogens (tertiary/aromatic N) is 1. The molecule has 0 aliphatic carbocycles. The second-order valence-corrected chi connectivity index (χ2v) is 12.2. The number of nitrogens with one attached hydrogen (secondary N) is 2. The monoisotopic (exact) mass is 587 g/mol. The van der Waals surface area contributed by atoms with Crippen molar-refractivity contribution < 1.29 is 19.1 Å². The molecule has 1 rings (SSSR count). The lowest BCUT2D eigenvalue weighted by molar-refractivity contribution is -0.145. The minimum absolute atomic E-state index is 0.000547. The van der Waals surface area contributed by atoms with E-state index in [1.54, 1.807) is 12.4 Å². The first kappa shape index (κ1) is 37.6. The first-order chi connectivity index (χ1) is 20.4. The molecular weight excluding hydrogens is 526 g/mol. The normalized spacial score (nSPS) is 11.8. The van der Waals surface area contributed by atoms with Crippen LogP contribution < -0.4 is 10.6 Å². The highest BCUT2D eigenvalue weighted by molar-refractivity contribution is 5.87. The summed E-state index contributed by atoms with van der Waals surface area (Å²) in [6.07, 6.45) is 24.6. The summed E-state index contributed by atoms with van der Waals surface area (Å²) in [7, 11) is 0. The molecule has 0 aliphatic rings. The van der Waals surface area contributed by atoms with Gasteiger partial charge in [-0.15, -0.1) is 0 Å². The summed E-state index contributed by atoms with van der Waals surface area (Å²) < 4.78 is 5.30. The van der Waals surface area contributed by atoms with Crippen molar-refractivity contribution in [3.63, 3.8) is 0 Å². The third kappa shape index (κ3) is 22.2. The number of pyridine rings is 1. The van der Waals surface area contributed by atoms with Crippen molar-refractivity contribution in [1.29, 1.82) is 0 Å². The van der Waals surface area contributed by atoms with E-state index in [4.69, 9.17) is 4.74 Å². The Labute approximate surface area is 256 Å². The minimum atomic E-state index is -0.441. The average Bonchev–Trinajstić information content (AvgIpc) is 2.97. The van der Waals surface area contributed by atoms with Crippen LogP contribution >= 0.6 is 0 Å². The number of amides is 2. The first-order valence-corrected chi connectivity index (χ1v) is 17.0. The predicted octanol–water partition coefficient (Wildman–Crippen LogP) is 8.20. The van der Waals surface area contributed by atoms with Gasteiger partial charge in [0, 0.05) is 31.8 Å². The van der Waals surface area contributed by atoms with Gasteiger partial charge in [-0.05, 0) is 49.3 Å². The molecule has 1 aromatic rings. The number of ether oxygens (including phenoxy) is 1. The van der Waals surface area contributed by atoms with Gasteiger partial charge in [0.25, 0.3) is 0 Å². The summed E-state index contributed by atoms with van der Waals surface area (Å²) in [6, 6.07) is 3.26. The van der Waals surface area contributed by atoms with Crippen LogP contribution in [0.25, 0.3) is 0 Å². The molecule has 1 heterocycles. The van der Waals surface area contributed by atoms with Gasteiger partial charge in [-0.25, -0.2) is 0 Å². The van der Waals surface area contributed by atoms with Gasteiger partial charge in [-0.2, -0.15) is 0 Å². The van der Waals surface area contributed by atoms with E-state index < -0.39 is 6.04 Å².